The molecule has 2 aromatic carbocycles. The van der Waals surface area contributed by atoms with Gasteiger partial charge < -0.3 is 0 Å². The van der Waals surface area contributed by atoms with E-state index in [1.54, 1.807) is 6.07 Å². The van der Waals surface area contributed by atoms with Crippen molar-refractivity contribution in [1.29, 1.82) is 0 Å². The maximum Gasteiger partial charge on any atom is 0.123 e. The predicted octanol–water partition coefficient (Wildman–Crippen LogP) is 3.90. The van der Waals surface area contributed by atoms with Crippen LogP contribution in [0.5, 0.6) is 0 Å². The Morgan fingerprint density at radius 2 is 1.79 bits per heavy atom. The summed E-state index contributed by atoms with van der Waals surface area (Å²) in [5.41, 5.74) is 1.78. The zero-order valence-electron chi connectivity index (χ0n) is 7.30. The highest BCUT2D eigenvalue weighted by Gasteiger charge is 1.98. The molecule has 0 saturated heterocycles. The molecule has 0 bridgehead atoms. The van der Waals surface area contributed by atoms with Gasteiger partial charge in [-0.3, -0.25) is 0 Å². The Morgan fingerprint density at radius 1 is 1.07 bits per heavy atom. The van der Waals surface area contributed by atoms with Crippen LogP contribution in [0.2, 0.25) is 0 Å². The van der Waals surface area contributed by atoms with Gasteiger partial charge in [0, 0.05) is 3.57 Å². The molecule has 2 aromatic rings. The van der Waals surface area contributed by atoms with Crippen LogP contribution in [0.1, 0.15) is 0 Å². The number of hydrogen-bond acceptors (Lipinski definition) is 0. The molecule has 0 aliphatic rings. The maximum atomic E-state index is 12.9. The van der Waals surface area contributed by atoms with Gasteiger partial charge in [0.2, 0.25) is 0 Å². The number of rotatable bonds is 1. The molecule has 0 spiro atoms. The standard InChI is InChI=1S/C12H7FI/c13-11-3-1-2-10(8-11)9-4-6-12(14)7-5-9/h1,3-8H. The second-order valence-electron chi connectivity index (χ2n) is 2.93. The lowest BCUT2D eigenvalue weighted by Gasteiger charge is -2.00. The minimum atomic E-state index is -0.225. The average molecular weight is 297 g/mol. The van der Waals surface area contributed by atoms with Crippen molar-refractivity contribution in [3.05, 3.63) is 57.9 Å². The van der Waals surface area contributed by atoms with Crippen molar-refractivity contribution < 1.29 is 4.39 Å². The van der Waals surface area contributed by atoms with E-state index >= 15 is 0 Å². The molecule has 0 amide bonds. The summed E-state index contributed by atoms with van der Waals surface area (Å²) in [6.45, 7) is 0. The number of halogens is 2. The first-order chi connectivity index (χ1) is 6.75. The Morgan fingerprint density at radius 3 is 2.43 bits per heavy atom. The summed E-state index contributed by atoms with van der Waals surface area (Å²) in [5.74, 6) is -0.225. The van der Waals surface area contributed by atoms with E-state index in [4.69, 9.17) is 0 Å². The van der Waals surface area contributed by atoms with Crippen LogP contribution in [-0.2, 0) is 0 Å². The molecule has 0 aromatic heterocycles. The molecule has 0 fully saturated rings. The van der Waals surface area contributed by atoms with E-state index in [2.05, 4.69) is 28.7 Å². The van der Waals surface area contributed by atoms with Gasteiger partial charge >= 0.3 is 0 Å². The predicted molar refractivity (Wildman–Crippen MR) is 63.4 cm³/mol. The fourth-order valence-corrected chi connectivity index (χ4v) is 1.59. The average Bonchev–Trinajstić information content (AvgIpc) is 2.19. The van der Waals surface area contributed by atoms with Gasteiger partial charge in [0.05, 0.1) is 0 Å². The molecule has 0 aliphatic carbocycles. The van der Waals surface area contributed by atoms with Crippen LogP contribution in [0.15, 0.2) is 42.5 Å². The highest BCUT2D eigenvalue weighted by Crippen LogP contribution is 2.20. The van der Waals surface area contributed by atoms with Gasteiger partial charge in [-0.25, -0.2) is 4.39 Å². The van der Waals surface area contributed by atoms with Crippen LogP contribution in [0.3, 0.4) is 0 Å². The van der Waals surface area contributed by atoms with Crippen molar-refractivity contribution >= 4 is 22.6 Å². The summed E-state index contributed by atoms with van der Waals surface area (Å²) in [7, 11) is 0. The number of hydrogen-bond donors (Lipinski definition) is 0. The summed E-state index contributed by atoms with van der Waals surface area (Å²) in [5, 5.41) is 0. The molecular weight excluding hydrogens is 290 g/mol. The lowest BCUT2D eigenvalue weighted by atomic mass is 10.1. The van der Waals surface area contributed by atoms with E-state index in [1.165, 1.54) is 15.7 Å². The van der Waals surface area contributed by atoms with E-state index in [-0.39, 0.29) is 5.82 Å². The normalized spacial score (nSPS) is 10.1. The quantitative estimate of drug-likeness (QED) is 0.700. The Bertz CT molecular complexity index is 434. The SMILES string of the molecule is Fc1cc[c]c(-c2ccc(I)cc2)c1. The van der Waals surface area contributed by atoms with Crippen molar-refractivity contribution in [2.75, 3.05) is 0 Å². The minimum Gasteiger partial charge on any atom is -0.207 e. The second kappa shape index (κ2) is 4.09. The zero-order valence-corrected chi connectivity index (χ0v) is 9.45. The zero-order chi connectivity index (χ0) is 9.97. The molecule has 14 heavy (non-hydrogen) atoms. The first-order valence-corrected chi connectivity index (χ1v) is 5.27. The van der Waals surface area contributed by atoms with Crippen LogP contribution >= 0.6 is 22.6 Å². The molecule has 0 nitrogen and oxygen atoms in total. The van der Waals surface area contributed by atoms with Crippen molar-refractivity contribution in [1.82, 2.24) is 0 Å². The smallest absolute Gasteiger partial charge is 0.123 e. The fourth-order valence-electron chi connectivity index (χ4n) is 1.23. The monoisotopic (exact) mass is 297 g/mol. The molecule has 2 rings (SSSR count). The molecule has 2 heteroatoms. The second-order valence-corrected chi connectivity index (χ2v) is 4.17. The summed E-state index contributed by atoms with van der Waals surface area (Å²) in [6.07, 6.45) is 0. The summed E-state index contributed by atoms with van der Waals surface area (Å²) in [6, 6.07) is 15.4. The molecule has 1 radical (unpaired) electrons. The van der Waals surface area contributed by atoms with Crippen molar-refractivity contribution in [2.45, 2.75) is 0 Å². The van der Waals surface area contributed by atoms with Gasteiger partial charge in [-0.1, -0.05) is 18.2 Å². The van der Waals surface area contributed by atoms with Gasteiger partial charge in [-0.05, 0) is 64.0 Å². The Hall–Kier alpha value is -0.900. The number of benzene rings is 2. The van der Waals surface area contributed by atoms with E-state index in [9.17, 15) is 4.39 Å². The van der Waals surface area contributed by atoms with E-state index in [0.29, 0.717) is 0 Å². The van der Waals surface area contributed by atoms with Gasteiger partial charge in [0.15, 0.2) is 0 Å². The van der Waals surface area contributed by atoms with Crippen LogP contribution < -0.4 is 0 Å². The molecule has 0 heterocycles. The lowest BCUT2D eigenvalue weighted by molar-refractivity contribution is 0.628. The topological polar surface area (TPSA) is 0 Å². The van der Waals surface area contributed by atoms with Gasteiger partial charge in [-0.2, -0.15) is 0 Å². The summed E-state index contributed by atoms with van der Waals surface area (Å²) >= 11 is 2.24. The third-order valence-corrected chi connectivity index (χ3v) is 2.64. The Balaban J connectivity index is 2.44. The molecule has 0 unspecified atom stereocenters. The first-order valence-electron chi connectivity index (χ1n) is 4.19. The van der Waals surface area contributed by atoms with Crippen molar-refractivity contribution in [2.24, 2.45) is 0 Å². The Kier molecular flexibility index (Phi) is 2.82. The van der Waals surface area contributed by atoms with Crippen molar-refractivity contribution in [3.8, 4) is 11.1 Å². The van der Waals surface area contributed by atoms with Gasteiger partial charge in [0.25, 0.3) is 0 Å². The molecular formula is C12H7FI. The third-order valence-electron chi connectivity index (χ3n) is 1.92. The fraction of sp³-hybridized carbons (Fsp3) is 0. The molecule has 69 valence electrons. The van der Waals surface area contributed by atoms with E-state index < -0.39 is 0 Å². The lowest BCUT2D eigenvalue weighted by Crippen LogP contribution is -1.80. The largest absolute Gasteiger partial charge is 0.207 e. The van der Waals surface area contributed by atoms with Crippen LogP contribution in [0.25, 0.3) is 11.1 Å². The molecule has 0 N–H and O–H groups in total. The van der Waals surface area contributed by atoms with Crippen molar-refractivity contribution in [3.63, 3.8) is 0 Å². The molecule has 0 aliphatic heterocycles. The van der Waals surface area contributed by atoms with Crippen LogP contribution in [-0.4, -0.2) is 0 Å². The highest BCUT2D eigenvalue weighted by molar-refractivity contribution is 14.1. The van der Waals surface area contributed by atoms with Gasteiger partial charge in [0.1, 0.15) is 5.82 Å². The highest BCUT2D eigenvalue weighted by atomic mass is 127. The third kappa shape index (κ3) is 2.12. The Labute approximate surface area is 95.9 Å². The minimum absolute atomic E-state index is 0.225. The summed E-state index contributed by atoms with van der Waals surface area (Å²) in [4.78, 5) is 0. The first kappa shape index (κ1) is 9.65. The molecule has 0 saturated carbocycles. The van der Waals surface area contributed by atoms with E-state index in [1.807, 2.05) is 24.3 Å². The summed E-state index contributed by atoms with van der Waals surface area (Å²) < 4.78 is 14.1. The van der Waals surface area contributed by atoms with E-state index in [0.717, 1.165) is 11.1 Å². The van der Waals surface area contributed by atoms with Crippen LogP contribution in [0, 0.1) is 15.5 Å². The van der Waals surface area contributed by atoms with Gasteiger partial charge in [-0.15, -0.1) is 0 Å². The maximum absolute atomic E-state index is 12.9. The van der Waals surface area contributed by atoms with Crippen LogP contribution in [0.4, 0.5) is 4.39 Å². The molecule has 0 atom stereocenters.